The van der Waals surface area contributed by atoms with E-state index in [1.54, 1.807) is 0 Å². The third kappa shape index (κ3) is 2.60. The van der Waals surface area contributed by atoms with Crippen LogP contribution < -0.4 is 4.72 Å². The maximum absolute atomic E-state index is 11.5. The number of carbonyl (C=O) groups is 1. The average Bonchev–Trinajstić information content (AvgIpc) is 2.63. The molecule has 1 aromatic rings. The van der Waals surface area contributed by atoms with E-state index in [-0.39, 0.29) is 9.09 Å². The normalized spacial score (nSPS) is 11.6. The molecule has 0 aliphatic heterocycles. The lowest BCUT2D eigenvalue weighted by Crippen LogP contribution is -2.17. The van der Waals surface area contributed by atoms with Gasteiger partial charge in [-0.3, -0.25) is 0 Å². The molecule has 0 saturated carbocycles. The molecular weight excluding hydrogens is 250 g/mol. The van der Waals surface area contributed by atoms with Crippen molar-refractivity contribution in [3.05, 3.63) is 16.5 Å². The summed E-state index contributed by atoms with van der Waals surface area (Å²) in [7, 11) is -2.25. The van der Waals surface area contributed by atoms with Gasteiger partial charge in [0.1, 0.15) is 9.09 Å². The summed E-state index contributed by atoms with van der Waals surface area (Å²) in [6.07, 6.45) is 1.34. The van der Waals surface area contributed by atoms with Crippen LogP contribution in [0.1, 0.15) is 28.6 Å². The van der Waals surface area contributed by atoms with Crippen LogP contribution in [0.4, 0.5) is 0 Å². The minimum absolute atomic E-state index is 0.0517. The molecular formula is C9H13NO4S2. The first-order chi connectivity index (χ1) is 7.42. The Morgan fingerprint density at radius 1 is 1.56 bits per heavy atom. The average molecular weight is 263 g/mol. The van der Waals surface area contributed by atoms with E-state index in [0.29, 0.717) is 12.0 Å². The molecule has 7 heteroatoms. The van der Waals surface area contributed by atoms with Crippen LogP contribution in [0.5, 0.6) is 0 Å². The first kappa shape index (κ1) is 13.1. The monoisotopic (exact) mass is 263 g/mol. The van der Waals surface area contributed by atoms with Crippen LogP contribution in [0.2, 0.25) is 0 Å². The predicted molar refractivity (Wildman–Crippen MR) is 61.5 cm³/mol. The zero-order chi connectivity index (χ0) is 12.3. The smallest absolute Gasteiger partial charge is 0.346 e. The molecule has 0 atom stereocenters. The molecule has 0 radical (unpaired) electrons. The zero-order valence-electron chi connectivity index (χ0n) is 8.98. The molecule has 2 N–H and O–H groups in total. The summed E-state index contributed by atoms with van der Waals surface area (Å²) in [6, 6.07) is 1.43. The van der Waals surface area contributed by atoms with Crippen molar-refractivity contribution >= 4 is 27.3 Å². The molecule has 5 nitrogen and oxygen atoms in total. The van der Waals surface area contributed by atoms with Crippen molar-refractivity contribution in [1.29, 1.82) is 0 Å². The first-order valence-corrected chi connectivity index (χ1v) is 7.02. The standard InChI is InChI=1S/C9H13NO4S2/c1-3-4-6-5-7(16(13,14)10-2)15-8(6)9(11)12/h5,10H,3-4H2,1-2H3,(H,11,12). The van der Waals surface area contributed by atoms with Crippen molar-refractivity contribution in [2.24, 2.45) is 0 Å². The number of aryl methyl sites for hydroxylation is 1. The molecule has 1 rings (SSSR count). The number of hydrogen-bond donors (Lipinski definition) is 2. The number of hydrogen-bond acceptors (Lipinski definition) is 4. The fraction of sp³-hybridized carbons (Fsp3) is 0.444. The maximum Gasteiger partial charge on any atom is 0.346 e. The zero-order valence-corrected chi connectivity index (χ0v) is 10.6. The lowest BCUT2D eigenvalue weighted by molar-refractivity contribution is 0.0701. The second-order valence-electron chi connectivity index (χ2n) is 3.18. The van der Waals surface area contributed by atoms with Crippen molar-refractivity contribution in [3.63, 3.8) is 0 Å². The number of aromatic carboxylic acids is 1. The Balaban J connectivity index is 3.26. The predicted octanol–water partition coefficient (Wildman–Crippen LogP) is 1.31. The minimum Gasteiger partial charge on any atom is -0.477 e. The van der Waals surface area contributed by atoms with Gasteiger partial charge in [-0.05, 0) is 25.1 Å². The van der Waals surface area contributed by atoms with E-state index in [2.05, 4.69) is 4.72 Å². The van der Waals surface area contributed by atoms with Gasteiger partial charge >= 0.3 is 5.97 Å². The summed E-state index contributed by atoms with van der Waals surface area (Å²) < 4.78 is 25.2. The van der Waals surface area contributed by atoms with Gasteiger partial charge in [-0.15, -0.1) is 11.3 Å². The van der Waals surface area contributed by atoms with E-state index in [1.807, 2.05) is 6.92 Å². The van der Waals surface area contributed by atoms with Gasteiger partial charge in [0.2, 0.25) is 10.0 Å². The van der Waals surface area contributed by atoms with E-state index in [1.165, 1.54) is 13.1 Å². The topological polar surface area (TPSA) is 83.5 Å². The molecule has 0 fully saturated rings. The maximum atomic E-state index is 11.5. The fourth-order valence-corrected chi connectivity index (χ4v) is 3.49. The van der Waals surface area contributed by atoms with Gasteiger partial charge in [-0.25, -0.2) is 17.9 Å². The fourth-order valence-electron chi connectivity index (χ4n) is 1.27. The highest BCUT2D eigenvalue weighted by Crippen LogP contribution is 2.27. The summed E-state index contributed by atoms with van der Waals surface area (Å²) >= 11 is 0.789. The van der Waals surface area contributed by atoms with Crippen molar-refractivity contribution in [2.75, 3.05) is 7.05 Å². The lowest BCUT2D eigenvalue weighted by atomic mass is 10.1. The Morgan fingerprint density at radius 2 is 2.19 bits per heavy atom. The second kappa shape index (κ2) is 4.94. The summed E-state index contributed by atoms with van der Waals surface area (Å²) in [5.74, 6) is -1.08. The third-order valence-electron chi connectivity index (χ3n) is 2.03. The first-order valence-electron chi connectivity index (χ1n) is 4.72. The largest absolute Gasteiger partial charge is 0.477 e. The Kier molecular flexibility index (Phi) is 4.06. The van der Waals surface area contributed by atoms with Gasteiger partial charge in [-0.1, -0.05) is 13.3 Å². The van der Waals surface area contributed by atoms with Crippen LogP contribution in [0.25, 0.3) is 0 Å². The lowest BCUT2D eigenvalue weighted by Gasteiger charge is -1.95. The van der Waals surface area contributed by atoms with Gasteiger partial charge in [-0.2, -0.15) is 0 Å². The van der Waals surface area contributed by atoms with Crippen molar-refractivity contribution in [2.45, 2.75) is 24.0 Å². The highest BCUT2D eigenvalue weighted by Gasteiger charge is 2.21. The molecule has 1 heterocycles. The number of carboxylic acid groups (broad SMARTS) is 1. The van der Waals surface area contributed by atoms with Crippen molar-refractivity contribution in [3.8, 4) is 0 Å². The number of thiophene rings is 1. The molecule has 0 aliphatic rings. The van der Waals surface area contributed by atoms with Crippen LogP contribution in [0, 0.1) is 0 Å². The number of sulfonamides is 1. The molecule has 0 spiro atoms. The van der Waals surface area contributed by atoms with Gasteiger partial charge in [0, 0.05) is 0 Å². The summed E-state index contributed by atoms with van der Waals surface area (Å²) in [5, 5.41) is 8.94. The van der Waals surface area contributed by atoms with Crippen LogP contribution in [-0.2, 0) is 16.4 Å². The van der Waals surface area contributed by atoms with Crippen LogP contribution >= 0.6 is 11.3 Å². The summed E-state index contributed by atoms with van der Waals surface area (Å²) in [4.78, 5) is 11.0. The highest BCUT2D eigenvalue weighted by atomic mass is 32.2. The third-order valence-corrected chi connectivity index (χ3v) is 5.09. The number of carboxylic acids is 1. The van der Waals surface area contributed by atoms with E-state index in [9.17, 15) is 13.2 Å². The van der Waals surface area contributed by atoms with E-state index >= 15 is 0 Å². The molecule has 0 amide bonds. The van der Waals surface area contributed by atoms with Crippen LogP contribution in [0.3, 0.4) is 0 Å². The van der Waals surface area contributed by atoms with Gasteiger partial charge in [0.15, 0.2) is 0 Å². The quantitative estimate of drug-likeness (QED) is 0.839. The Labute approximate surface area is 98.2 Å². The van der Waals surface area contributed by atoms with Crippen LogP contribution in [0.15, 0.2) is 10.3 Å². The molecule has 1 aromatic heterocycles. The molecule has 0 aliphatic carbocycles. The Morgan fingerprint density at radius 3 is 2.62 bits per heavy atom. The van der Waals surface area contributed by atoms with Gasteiger partial charge in [0.25, 0.3) is 0 Å². The number of rotatable bonds is 5. The SMILES string of the molecule is CCCc1cc(S(=O)(=O)NC)sc1C(=O)O. The summed E-state index contributed by atoms with van der Waals surface area (Å²) in [6.45, 7) is 1.91. The molecule has 0 bridgehead atoms. The second-order valence-corrected chi connectivity index (χ2v) is 6.35. The van der Waals surface area contributed by atoms with Crippen LogP contribution in [-0.4, -0.2) is 26.5 Å². The van der Waals surface area contributed by atoms with Crippen molar-refractivity contribution in [1.82, 2.24) is 4.72 Å². The Bertz CT molecular complexity index is 490. The Hall–Kier alpha value is -0.920. The van der Waals surface area contributed by atoms with E-state index in [4.69, 9.17) is 5.11 Å². The molecule has 90 valence electrons. The van der Waals surface area contributed by atoms with Gasteiger partial charge < -0.3 is 5.11 Å². The van der Waals surface area contributed by atoms with Crippen molar-refractivity contribution < 1.29 is 18.3 Å². The molecule has 0 aromatic carbocycles. The molecule has 0 saturated heterocycles. The van der Waals surface area contributed by atoms with E-state index < -0.39 is 16.0 Å². The minimum atomic E-state index is -3.55. The molecule has 16 heavy (non-hydrogen) atoms. The number of nitrogens with one attached hydrogen (secondary N) is 1. The summed E-state index contributed by atoms with van der Waals surface area (Å²) in [5.41, 5.74) is 0.578. The highest BCUT2D eigenvalue weighted by molar-refractivity contribution is 7.91. The van der Waals surface area contributed by atoms with E-state index in [0.717, 1.165) is 17.8 Å². The molecule has 0 unspecified atom stereocenters. The van der Waals surface area contributed by atoms with Gasteiger partial charge in [0.05, 0.1) is 0 Å².